The van der Waals surface area contributed by atoms with Gasteiger partial charge in [-0.1, -0.05) is 5.16 Å². The van der Waals surface area contributed by atoms with E-state index in [0.29, 0.717) is 6.61 Å². The van der Waals surface area contributed by atoms with Crippen molar-refractivity contribution < 1.29 is 14.1 Å². The zero-order chi connectivity index (χ0) is 20.7. The van der Waals surface area contributed by atoms with Gasteiger partial charge < -0.3 is 14.2 Å². The van der Waals surface area contributed by atoms with Gasteiger partial charge in [-0.2, -0.15) is 9.61 Å². The Morgan fingerprint density at radius 3 is 2.73 bits per heavy atom. The average Bonchev–Trinajstić information content (AvgIpc) is 3.38. The number of ether oxygens (including phenoxy) is 1. The summed E-state index contributed by atoms with van der Waals surface area (Å²) in [5, 5.41) is 8.99. The monoisotopic (exact) mass is 409 g/mol. The van der Waals surface area contributed by atoms with Crippen LogP contribution in [0.25, 0.3) is 17.0 Å². The molecule has 5 rings (SSSR count). The number of carbonyl (C=O) groups excluding carboxylic acids is 1. The molecule has 3 aromatic rings. The minimum atomic E-state index is -0.0677. The van der Waals surface area contributed by atoms with Gasteiger partial charge in [0.05, 0.1) is 12.5 Å². The Kier molecular flexibility index (Phi) is 4.92. The fourth-order valence-corrected chi connectivity index (χ4v) is 4.65. The number of piperidine rings is 1. The number of aryl methyl sites for hydroxylation is 2. The molecule has 0 unspecified atom stereocenters. The zero-order valence-electron chi connectivity index (χ0n) is 17.6. The Morgan fingerprint density at radius 1 is 1.20 bits per heavy atom. The SMILES string of the molecule is CCOC(=O)C1CCN(c2c3c(nc4cc(-c5cc(C)on5)nn24)CCCC3)CC1. The molecule has 1 saturated heterocycles. The maximum absolute atomic E-state index is 12.2. The largest absolute Gasteiger partial charge is 0.466 e. The third-order valence-electron chi connectivity index (χ3n) is 6.15. The van der Waals surface area contributed by atoms with E-state index in [1.54, 1.807) is 0 Å². The Balaban J connectivity index is 1.53. The highest BCUT2D eigenvalue weighted by Crippen LogP contribution is 2.34. The van der Waals surface area contributed by atoms with Gasteiger partial charge in [-0.15, -0.1) is 0 Å². The van der Waals surface area contributed by atoms with Gasteiger partial charge in [0, 0.05) is 36.5 Å². The maximum atomic E-state index is 12.2. The molecule has 8 nitrogen and oxygen atoms in total. The summed E-state index contributed by atoms with van der Waals surface area (Å²) in [7, 11) is 0. The number of nitrogens with zero attached hydrogens (tertiary/aromatic N) is 5. The molecule has 8 heteroatoms. The lowest BCUT2D eigenvalue weighted by Gasteiger charge is -2.34. The third-order valence-corrected chi connectivity index (χ3v) is 6.15. The second kappa shape index (κ2) is 7.74. The van der Waals surface area contributed by atoms with Crippen molar-refractivity contribution in [1.82, 2.24) is 19.8 Å². The van der Waals surface area contributed by atoms with Gasteiger partial charge in [-0.3, -0.25) is 4.79 Å². The molecule has 30 heavy (non-hydrogen) atoms. The van der Waals surface area contributed by atoms with Crippen molar-refractivity contribution in [2.45, 2.75) is 52.4 Å². The molecule has 1 fully saturated rings. The number of hydrogen-bond donors (Lipinski definition) is 0. The number of rotatable bonds is 4. The van der Waals surface area contributed by atoms with Crippen LogP contribution in [0, 0.1) is 12.8 Å². The van der Waals surface area contributed by atoms with E-state index >= 15 is 0 Å². The number of fused-ring (bicyclic) bond motifs is 2. The molecule has 0 atom stereocenters. The zero-order valence-corrected chi connectivity index (χ0v) is 17.6. The topological polar surface area (TPSA) is 85.8 Å². The van der Waals surface area contributed by atoms with E-state index < -0.39 is 0 Å². The van der Waals surface area contributed by atoms with E-state index in [0.717, 1.165) is 67.4 Å². The molecule has 4 heterocycles. The van der Waals surface area contributed by atoms with Crippen molar-refractivity contribution in [1.29, 1.82) is 0 Å². The Morgan fingerprint density at radius 2 is 2.00 bits per heavy atom. The van der Waals surface area contributed by atoms with Crippen LogP contribution >= 0.6 is 0 Å². The number of hydrogen-bond acceptors (Lipinski definition) is 7. The van der Waals surface area contributed by atoms with Gasteiger partial charge in [0.2, 0.25) is 0 Å². The minimum Gasteiger partial charge on any atom is -0.466 e. The summed E-state index contributed by atoms with van der Waals surface area (Å²) in [6.45, 7) is 5.80. The summed E-state index contributed by atoms with van der Waals surface area (Å²) in [6, 6.07) is 3.88. The number of anilines is 1. The lowest BCUT2D eigenvalue weighted by molar-refractivity contribution is -0.148. The second-order valence-electron chi connectivity index (χ2n) is 8.20. The van der Waals surface area contributed by atoms with Crippen LogP contribution in [0.3, 0.4) is 0 Å². The van der Waals surface area contributed by atoms with E-state index in [4.69, 9.17) is 19.3 Å². The molecule has 0 aromatic carbocycles. The molecule has 1 aliphatic carbocycles. The van der Waals surface area contributed by atoms with Gasteiger partial charge in [0.15, 0.2) is 5.65 Å². The first kappa shape index (κ1) is 19.1. The van der Waals surface area contributed by atoms with E-state index in [9.17, 15) is 4.79 Å². The first-order valence-electron chi connectivity index (χ1n) is 10.9. The third kappa shape index (κ3) is 3.34. The molecule has 0 amide bonds. The van der Waals surface area contributed by atoms with Crippen molar-refractivity contribution in [3.8, 4) is 11.4 Å². The van der Waals surface area contributed by atoms with Crippen LogP contribution in [0.15, 0.2) is 16.7 Å². The summed E-state index contributed by atoms with van der Waals surface area (Å²) < 4.78 is 12.4. The predicted molar refractivity (Wildman–Crippen MR) is 111 cm³/mol. The first-order chi connectivity index (χ1) is 14.6. The Hall–Kier alpha value is -2.90. The molecule has 0 radical (unpaired) electrons. The highest BCUT2D eigenvalue weighted by molar-refractivity contribution is 5.73. The van der Waals surface area contributed by atoms with Gasteiger partial charge in [-0.25, -0.2) is 4.98 Å². The van der Waals surface area contributed by atoms with E-state index in [1.165, 1.54) is 24.1 Å². The first-order valence-corrected chi connectivity index (χ1v) is 10.9. The summed E-state index contributed by atoms with van der Waals surface area (Å²) in [5.74, 6) is 1.81. The van der Waals surface area contributed by atoms with Crippen molar-refractivity contribution in [2.75, 3.05) is 24.6 Å². The van der Waals surface area contributed by atoms with Crippen molar-refractivity contribution in [2.24, 2.45) is 5.92 Å². The highest BCUT2D eigenvalue weighted by atomic mass is 16.5. The molecule has 0 N–H and O–H groups in total. The predicted octanol–water partition coefficient (Wildman–Crippen LogP) is 3.35. The fraction of sp³-hybridized carbons (Fsp3) is 0.545. The summed E-state index contributed by atoms with van der Waals surface area (Å²) in [4.78, 5) is 19.5. The van der Waals surface area contributed by atoms with Crippen molar-refractivity contribution >= 4 is 17.4 Å². The number of esters is 1. The lowest BCUT2D eigenvalue weighted by Crippen LogP contribution is -2.39. The summed E-state index contributed by atoms with van der Waals surface area (Å²) >= 11 is 0. The van der Waals surface area contributed by atoms with E-state index in [2.05, 4.69) is 10.1 Å². The quantitative estimate of drug-likeness (QED) is 0.611. The molecule has 0 spiro atoms. The summed E-state index contributed by atoms with van der Waals surface area (Å²) in [5.41, 5.74) is 4.81. The van der Waals surface area contributed by atoms with Crippen LogP contribution in [0.4, 0.5) is 5.82 Å². The van der Waals surface area contributed by atoms with Crippen LogP contribution < -0.4 is 4.90 Å². The molecule has 0 saturated carbocycles. The molecular formula is C22H27N5O3. The van der Waals surface area contributed by atoms with Gasteiger partial charge in [0.1, 0.15) is 23.0 Å². The second-order valence-corrected chi connectivity index (χ2v) is 8.20. The normalized spacial score (nSPS) is 17.3. The van der Waals surface area contributed by atoms with Gasteiger partial charge in [0.25, 0.3) is 0 Å². The van der Waals surface area contributed by atoms with Crippen LogP contribution in [-0.4, -0.2) is 45.4 Å². The highest BCUT2D eigenvalue weighted by Gasteiger charge is 2.30. The smallest absolute Gasteiger partial charge is 0.309 e. The molecule has 0 bridgehead atoms. The standard InChI is InChI=1S/C22H27N5O3/c1-3-29-22(28)15-8-10-26(11-9-15)21-16-6-4-5-7-17(16)23-20-13-18(24-27(20)21)19-12-14(2)30-25-19/h12-13,15H,3-11H2,1-2H3. The molecule has 3 aromatic heterocycles. The molecule has 2 aliphatic rings. The average molecular weight is 409 g/mol. The summed E-state index contributed by atoms with van der Waals surface area (Å²) in [6.07, 6.45) is 5.96. The van der Waals surface area contributed by atoms with Crippen LogP contribution in [0.1, 0.15) is 49.6 Å². The molecular weight excluding hydrogens is 382 g/mol. The van der Waals surface area contributed by atoms with Crippen molar-refractivity contribution in [3.05, 3.63) is 29.2 Å². The minimum absolute atomic E-state index is 0.0133. The van der Waals surface area contributed by atoms with Crippen LogP contribution in [-0.2, 0) is 22.4 Å². The van der Waals surface area contributed by atoms with E-state index in [1.807, 2.05) is 30.5 Å². The van der Waals surface area contributed by atoms with E-state index in [-0.39, 0.29) is 11.9 Å². The Bertz CT molecular complexity index is 1080. The number of carbonyl (C=O) groups is 1. The van der Waals surface area contributed by atoms with Crippen LogP contribution in [0.2, 0.25) is 0 Å². The van der Waals surface area contributed by atoms with Crippen molar-refractivity contribution in [3.63, 3.8) is 0 Å². The Labute approximate surface area is 175 Å². The number of aromatic nitrogens is 4. The van der Waals surface area contributed by atoms with Gasteiger partial charge >= 0.3 is 5.97 Å². The molecule has 1 aliphatic heterocycles. The van der Waals surface area contributed by atoms with Crippen LogP contribution in [0.5, 0.6) is 0 Å². The lowest BCUT2D eigenvalue weighted by atomic mass is 9.93. The maximum Gasteiger partial charge on any atom is 0.309 e. The van der Waals surface area contributed by atoms with Gasteiger partial charge in [-0.05, 0) is 52.4 Å². The fourth-order valence-electron chi connectivity index (χ4n) is 4.65. The molecule has 158 valence electrons.